The Morgan fingerprint density at radius 1 is 1.27 bits per heavy atom. The molecule has 3 rings (SSSR count). The smallest absolute Gasteiger partial charge is 0.257 e. The molecule has 0 radical (unpaired) electrons. The number of nitrogens with zero attached hydrogens (tertiary/aromatic N) is 4. The van der Waals surface area contributed by atoms with E-state index < -0.39 is 5.92 Å². The first-order chi connectivity index (χ1) is 10.5. The maximum Gasteiger partial charge on any atom is 0.257 e. The molecule has 0 atom stereocenters. The molecule has 1 saturated carbocycles. The first-order valence-electron chi connectivity index (χ1n) is 7.66. The zero-order valence-corrected chi connectivity index (χ0v) is 12.6. The van der Waals surface area contributed by atoms with Gasteiger partial charge in [-0.05, 0) is 25.7 Å². The number of alkyl halides is 2. The van der Waals surface area contributed by atoms with Crippen LogP contribution in [0.5, 0.6) is 0 Å². The standard InChI is InChI=1S/C15H21F2N5/c1-15(16,17)10-19-12-2-4-13(5-3-12)22-14(6-7-20-22)21-9-8-18-11-21/h6-9,11-13,19H,2-5,10H2,1H3/t12-,13-. The van der Waals surface area contributed by atoms with Gasteiger partial charge >= 0.3 is 0 Å². The van der Waals surface area contributed by atoms with Crippen LogP contribution in [0.3, 0.4) is 0 Å². The second kappa shape index (κ2) is 6.16. The Balaban J connectivity index is 1.59. The third-order valence-corrected chi connectivity index (χ3v) is 4.16. The van der Waals surface area contributed by atoms with Crippen LogP contribution in [0.25, 0.3) is 5.82 Å². The largest absolute Gasteiger partial charge is 0.308 e. The molecule has 0 unspecified atom stereocenters. The monoisotopic (exact) mass is 309 g/mol. The highest BCUT2D eigenvalue weighted by Gasteiger charge is 2.27. The summed E-state index contributed by atoms with van der Waals surface area (Å²) in [6.07, 6.45) is 10.8. The number of rotatable bonds is 5. The van der Waals surface area contributed by atoms with Crippen LogP contribution in [0.2, 0.25) is 0 Å². The second-order valence-electron chi connectivity index (χ2n) is 6.06. The maximum absolute atomic E-state index is 12.9. The molecular weight excluding hydrogens is 288 g/mol. The molecule has 0 saturated heterocycles. The zero-order valence-electron chi connectivity index (χ0n) is 12.6. The van der Waals surface area contributed by atoms with E-state index in [0.717, 1.165) is 38.4 Å². The van der Waals surface area contributed by atoms with Gasteiger partial charge in [-0.25, -0.2) is 18.4 Å². The van der Waals surface area contributed by atoms with Crippen LogP contribution in [0.1, 0.15) is 38.6 Å². The minimum absolute atomic E-state index is 0.175. The van der Waals surface area contributed by atoms with Crippen molar-refractivity contribution < 1.29 is 8.78 Å². The van der Waals surface area contributed by atoms with Gasteiger partial charge in [-0.3, -0.25) is 4.57 Å². The van der Waals surface area contributed by atoms with Crippen molar-refractivity contribution in [2.45, 2.75) is 50.6 Å². The van der Waals surface area contributed by atoms with Crippen LogP contribution in [-0.4, -0.2) is 37.8 Å². The highest BCUT2D eigenvalue weighted by molar-refractivity contribution is 5.21. The van der Waals surface area contributed by atoms with Gasteiger partial charge in [0.2, 0.25) is 0 Å². The number of hydrogen-bond acceptors (Lipinski definition) is 3. The van der Waals surface area contributed by atoms with Crippen LogP contribution >= 0.6 is 0 Å². The van der Waals surface area contributed by atoms with Crippen LogP contribution in [0.4, 0.5) is 8.78 Å². The Kier molecular flexibility index (Phi) is 4.24. The third kappa shape index (κ3) is 3.52. The normalized spacial score (nSPS) is 22.9. The SMILES string of the molecule is CC(F)(F)CN[C@H]1CC[C@H](n2nccc2-n2ccnc2)CC1. The Morgan fingerprint density at radius 3 is 2.68 bits per heavy atom. The van der Waals surface area contributed by atoms with Gasteiger partial charge in [0.15, 0.2) is 0 Å². The van der Waals surface area contributed by atoms with Crippen molar-refractivity contribution in [3.05, 3.63) is 31.0 Å². The molecule has 5 nitrogen and oxygen atoms in total. The van der Waals surface area contributed by atoms with Gasteiger partial charge in [0.05, 0.1) is 18.8 Å². The summed E-state index contributed by atoms with van der Waals surface area (Å²) in [6.45, 7) is 0.706. The van der Waals surface area contributed by atoms with Gasteiger partial charge in [0.25, 0.3) is 5.92 Å². The lowest BCUT2D eigenvalue weighted by Gasteiger charge is -2.31. The fourth-order valence-electron chi connectivity index (χ4n) is 3.04. The Labute approximate surface area is 128 Å². The predicted octanol–water partition coefficient (Wildman–Crippen LogP) is 2.80. The summed E-state index contributed by atoms with van der Waals surface area (Å²) in [6, 6.07) is 2.45. The highest BCUT2D eigenvalue weighted by Crippen LogP contribution is 2.30. The van der Waals surface area contributed by atoms with Gasteiger partial charge in [0.1, 0.15) is 12.1 Å². The van der Waals surface area contributed by atoms with Gasteiger partial charge in [-0.2, -0.15) is 5.10 Å². The summed E-state index contributed by atoms with van der Waals surface area (Å²) in [5.41, 5.74) is 0. The van der Waals surface area contributed by atoms with Crippen molar-refractivity contribution in [2.75, 3.05) is 6.54 Å². The van der Waals surface area contributed by atoms with E-state index >= 15 is 0 Å². The summed E-state index contributed by atoms with van der Waals surface area (Å²) in [5, 5.41) is 7.41. The van der Waals surface area contributed by atoms with Crippen molar-refractivity contribution in [3.8, 4) is 5.82 Å². The molecule has 2 aromatic heterocycles. The van der Waals surface area contributed by atoms with E-state index in [0.29, 0.717) is 6.04 Å². The lowest BCUT2D eigenvalue weighted by atomic mass is 9.91. The van der Waals surface area contributed by atoms with Gasteiger partial charge in [0, 0.05) is 31.4 Å². The lowest BCUT2D eigenvalue weighted by molar-refractivity contribution is 0.0181. The number of halogens is 2. The molecule has 2 aromatic rings. The summed E-state index contributed by atoms with van der Waals surface area (Å²) in [7, 11) is 0. The molecule has 0 bridgehead atoms. The molecule has 1 aliphatic carbocycles. The highest BCUT2D eigenvalue weighted by atomic mass is 19.3. The molecule has 0 amide bonds. The van der Waals surface area contributed by atoms with E-state index in [-0.39, 0.29) is 12.6 Å². The molecule has 2 heterocycles. The summed E-state index contributed by atoms with van der Waals surface area (Å²) in [5.74, 6) is -1.65. The van der Waals surface area contributed by atoms with Crippen LogP contribution in [0, 0.1) is 0 Å². The summed E-state index contributed by atoms with van der Waals surface area (Å²) >= 11 is 0. The summed E-state index contributed by atoms with van der Waals surface area (Å²) in [4.78, 5) is 4.06. The number of aromatic nitrogens is 4. The fraction of sp³-hybridized carbons (Fsp3) is 0.600. The van der Waals surface area contributed by atoms with Crippen LogP contribution in [-0.2, 0) is 0 Å². The fourth-order valence-corrected chi connectivity index (χ4v) is 3.04. The van der Waals surface area contributed by atoms with E-state index in [9.17, 15) is 8.78 Å². The molecule has 7 heteroatoms. The van der Waals surface area contributed by atoms with Crippen molar-refractivity contribution >= 4 is 0 Å². The Bertz CT molecular complexity index is 579. The molecule has 0 spiro atoms. The van der Waals surface area contributed by atoms with E-state index in [1.165, 1.54) is 0 Å². The van der Waals surface area contributed by atoms with Gasteiger partial charge in [-0.15, -0.1) is 0 Å². The maximum atomic E-state index is 12.9. The first kappa shape index (κ1) is 15.1. The average molecular weight is 309 g/mol. The average Bonchev–Trinajstić information content (AvgIpc) is 3.15. The topological polar surface area (TPSA) is 47.7 Å². The number of imidazole rings is 1. The molecule has 1 N–H and O–H groups in total. The van der Waals surface area contributed by atoms with Gasteiger partial charge in [-0.1, -0.05) is 0 Å². The molecule has 22 heavy (non-hydrogen) atoms. The van der Waals surface area contributed by atoms with E-state index in [2.05, 4.69) is 15.4 Å². The minimum Gasteiger partial charge on any atom is -0.308 e. The first-order valence-corrected chi connectivity index (χ1v) is 7.66. The third-order valence-electron chi connectivity index (χ3n) is 4.16. The Morgan fingerprint density at radius 2 is 2.05 bits per heavy atom. The predicted molar refractivity (Wildman–Crippen MR) is 79.3 cm³/mol. The van der Waals surface area contributed by atoms with Gasteiger partial charge < -0.3 is 5.32 Å². The lowest BCUT2D eigenvalue weighted by Crippen LogP contribution is -2.40. The van der Waals surface area contributed by atoms with E-state index in [4.69, 9.17) is 0 Å². The van der Waals surface area contributed by atoms with E-state index in [1.807, 2.05) is 21.5 Å². The quantitative estimate of drug-likeness (QED) is 0.924. The van der Waals surface area contributed by atoms with E-state index in [1.54, 1.807) is 18.7 Å². The number of nitrogens with one attached hydrogen (secondary N) is 1. The van der Waals surface area contributed by atoms with Crippen molar-refractivity contribution in [2.24, 2.45) is 0 Å². The minimum atomic E-state index is -2.65. The molecule has 0 aromatic carbocycles. The van der Waals surface area contributed by atoms with Crippen molar-refractivity contribution in [3.63, 3.8) is 0 Å². The second-order valence-corrected chi connectivity index (χ2v) is 6.06. The summed E-state index contributed by atoms with van der Waals surface area (Å²) < 4.78 is 29.8. The molecule has 1 aliphatic rings. The van der Waals surface area contributed by atoms with Crippen LogP contribution < -0.4 is 5.32 Å². The van der Waals surface area contributed by atoms with Crippen LogP contribution in [0.15, 0.2) is 31.0 Å². The molecular formula is C15H21F2N5. The number of hydrogen-bond donors (Lipinski definition) is 1. The molecule has 0 aliphatic heterocycles. The van der Waals surface area contributed by atoms with Crippen molar-refractivity contribution in [1.82, 2.24) is 24.6 Å². The molecule has 1 fully saturated rings. The molecule has 120 valence electrons. The van der Waals surface area contributed by atoms with Crippen molar-refractivity contribution in [1.29, 1.82) is 0 Å². The Hall–Kier alpha value is -1.76. The zero-order chi connectivity index (χ0) is 15.6.